The van der Waals surface area contributed by atoms with Gasteiger partial charge in [0.05, 0.1) is 11.8 Å². The third kappa shape index (κ3) is 2.77. The molecule has 0 aromatic carbocycles. The zero-order chi connectivity index (χ0) is 16.5. The van der Waals surface area contributed by atoms with Crippen molar-refractivity contribution in [2.75, 3.05) is 13.1 Å². The topological polar surface area (TPSA) is 85.3 Å². The molecule has 0 bridgehead atoms. The minimum atomic E-state index is -0.428. The summed E-state index contributed by atoms with van der Waals surface area (Å²) >= 11 is 1.37. The number of thioether (sulfide) groups is 1. The highest BCUT2D eigenvalue weighted by Crippen LogP contribution is 2.30. The van der Waals surface area contributed by atoms with E-state index in [1.54, 1.807) is 12.1 Å². The fraction of sp³-hybridized carbons (Fsp3) is 0.375. The number of hydrogen-bond donors (Lipinski definition) is 1. The summed E-state index contributed by atoms with van der Waals surface area (Å²) in [5, 5.41) is 15.6. The number of rotatable bonds is 1. The van der Waals surface area contributed by atoms with Gasteiger partial charge in [-0.15, -0.1) is 5.10 Å². The van der Waals surface area contributed by atoms with Gasteiger partial charge in [-0.05, 0) is 42.8 Å². The Morgan fingerprint density at radius 1 is 1.21 bits per heavy atom. The number of fused-ring (bicyclic) bond motifs is 1. The first-order valence-corrected chi connectivity index (χ1v) is 8.83. The van der Waals surface area contributed by atoms with Gasteiger partial charge < -0.3 is 9.32 Å². The predicted molar refractivity (Wildman–Crippen MR) is 93.8 cm³/mol. The monoisotopic (exact) mass is 343 g/mol. The van der Waals surface area contributed by atoms with Crippen LogP contribution < -0.4 is 0 Å². The zero-order valence-corrected chi connectivity index (χ0v) is 13.9. The van der Waals surface area contributed by atoms with Crippen LogP contribution in [0.2, 0.25) is 0 Å². The Morgan fingerprint density at radius 3 is 2.71 bits per heavy atom. The summed E-state index contributed by atoms with van der Waals surface area (Å²) in [6.45, 7) is 1.92. The molecule has 0 saturated carbocycles. The average Bonchev–Trinajstić information content (AvgIpc) is 3.15. The number of carbonyl (C=O) groups is 1. The van der Waals surface area contributed by atoms with Crippen molar-refractivity contribution in [2.45, 2.75) is 25.7 Å². The molecule has 1 saturated heterocycles. The van der Waals surface area contributed by atoms with Crippen molar-refractivity contribution in [1.82, 2.24) is 9.91 Å². The molecule has 1 amide bonds. The van der Waals surface area contributed by atoms with E-state index in [9.17, 15) is 4.79 Å². The highest BCUT2D eigenvalue weighted by molar-refractivity contribution is 8.26. The fourth-order valence-corrected chi connectivity index (χ4v) is 3.83. The summed E-state index contributed by atoms with van der Waals surface area (Å²) in [7, 11) is 0. The van der Waals surface area contributed by atoms with Crippen molar-refractivity contribution in [3.63, 3.8) is 0 Å². The summed E-state index contributed by atoms with van der Waals surface area (Å²) in [6, 6.07) is 3.47. The Labute approximate surface area is 143 Å². The standard InChI is InChI=1S/C16H17N5O2S/c17-13-12(10-11-6-5-9-23-11)14(22)18-15-21(13)19-16(24-15)20-7-3-1-2-4-8-20/h5-6,9-10,17H,1-4,7-8H2. The lowest BCUT2D eigenvalue weighted by atomic mass is 10.1. The van der Waals surface area contributed by atoms with Gasteiger partial charge in [0.1, 0.15) is 5.76 Å². The summed E-state index contributed by atoms with van der Waals surface area (Å²) in [5.74, 6) is 0.131. The first-order valence-electron chi connectivity index (χ1n) is 8.01. The van der Waals surface area contributed by atoms with Crippen LogP contribution in [-0.2, 0) is 4.79 Å². The average molecular weight is 343 g/mol. The van der Waals surface area contributed by atoms with E-state index in [4.69, 9.17) is 9.83 Å². The molecule has 1 aromatic heterocycles. The molecule has 4 rings (SSSR count). The van der Waals surface area contributed by atoms with Crippen LogP contribution in [0.1, 0.15) is 31.4 Å². The van der Waals surface area contributed by atoms with Gasteiger partial charge in [-0.3, -0.25) is 10.2 Å². The largest absolute Gasteiger partial charge is 0.465 e. The van der Waals surface area contributed by atoms with E-state index in [1.165, 1.54) is 42.0 Å². The Bertz CT molecular complexity index is 757. The van der Waals surface area contributed by atoms with Crippen LogP contribution in [0.15, 0.2) is 38.5 Å². The maximum absolute atomic E-state index is 12.3. The van der Waals surface area contributed by atoms with Crippen molar-refractivity contribution >= 4 is 39.9 Å². The van der Waals surface area contributed by atoms with Crippen LogP contribution in [0, 0.1) is 5.41 Å². The smallest absolute Gasteiger partial charge is 0.283 e. The van der Waals surface area contributed by atoms with Crippen LogP contribution in [0.4, 0.5) is 0 Å². The molecule has 1 aromatic rings. The van der Waals surface area contributed by atoms with Gasteiger partial charge >= 0.3 is 0 Å². The van der Waals surface area contributed by atoms with Gasteiger partial charge in [-0.25, -0.2) is 0 Å². The van der Waals surface area contributed by atoms with Gasteiger partial charge in [-0.2, -0.15) is 10.0 Å². The van der Waals surface area contributed by atoms with E-state index in [0.717, 1.165) is 31.1 Å². The number of hydrazone groups is 1. The summed E-state index contributed by atoms with van der Waals surface area (Å²) in [6.07, 6.45) is 7.83. The zero-order valence-electron chi connectivity index (χ0n) is 13.1. The normalized spacial score (nSPS) is 23.2. The number of furan rings is 1. The number of aliphatic imine (C=N–C) groups is 1. The van der Waals surface area contributed by atoms with Gasteiger partial charge in [0.2, 0.25) is 5.17 Å². The third-order valence-corrected chi connectivity index (χ3v) is 5.12. The van der Waals surface area contributed by atoms with Gasteiger partial charge in [0.15, 0.2) is 11.0 Å². The lowest BCUT2D eigenvalue weighted by Gasteiger charge is -2.20. The second-order valence-corrected chi connectivity index (χ2v) is 6.75. The molecule has 24 heavy (non-hydrogen) atoms. The number of nitrogens with zero attached hydrogens (tertiary/aromatic N) is 4. The van der Waals surface area contributed by atoms with Crippen molar-refractivity contribution in [1.29, 1.82) is 5.41 Å². The Hall–Kier alpha value is -2.35. The number of nitrogens with one attached hydrogen (secondary N) is 1. The van der Waals surface area contributed by atoms with E-state index in [1.807, 2.05) is 0 Å². The van der Waals surface area contributed by atoms with Gasteiger partial charge in [0.25, 0.3) is 5.91 Å². The molecule has 3 aliphatic heterocycles. The van der Waals surface area contributed by atoms with Crippen LogP contribution in [0.3, 0.4) is 0 Å². The van der Waals surface area contributed by atoms with Crippen LogP contribution in [0.25, 0.3) is 6.08 Å². The molecule has 0 unspecified atom stereocenters. The minimum Gasteiger partial charge on any atom is -0.465 e. The maximum atomic E-state index is 12.3. The van der Waals surface area contributed by atoms with Crippen LogP contribution in [-0.4, -0.2) is 45.1 Å². The third-order valence-electron chi connectivity index (χ3n) is 4.15. The maximum Gasteiger partial charge on any atom is 0.283 e. The SMILES string of the molecule is N=C1C(=Cc2ccco2)C(=O)N=C2SC(N3CCCCCC3)=NN12. The summed E-state index contributed by atoms with van der Waals surface area (Å²) in [4.78, 5) is 18.6. The molecule has 0 radical (unpaired) electrons. The van der Waals surface area contributed by atoms with Crippen LogP contribution >= 0.6 is 11.8 Å². The van der Waals surface area contributed by atoms with Crippen molar-refractivity contribution < 1.29 is 9.21 Å². The van der Waals surface area contributed by atoms with Gasteiger partial charge in [-0.1, -0.05) is 12.8 Å². The van der Waals surface area contributed by atoms with E-state index < -0.39 is 5.91 Å². The van der Waals surface area contributed by atoms with Crippen molar-refractivity contribution in [3.8, 4) is 0 Å². The second-order valence-electron chi connectivity index (χ2n) is 5.82. The van der Waals surface area contributed by atoms with E-state index >= 15 is 0 Å². The van der Waals surface area contributed by atoms with E-state index in [0.29, 0.717) is 10.9 Å². The molecule has 3 aliphatic rings. The molecule has 7 nitrogen and oxygen atoms in total. The Kier molecular flexibility index (Phi) is 3.97. The van der Waals surface area contributed by atoms with Crippen molar-refractivity contribution in [3.05, 3.63) is 29.7 Å². The first kappa shape index (κ1) is 15.2. The molecule has 0 spiro atoms. The second kappa shape index (κ2) is 6.27. The lowest BCUT2D eigenvalue weighted by molar-refractivity contribution is -0.114. The highest BCUT2D eigenvalue weighted by Gasteiger charge is 2.37. The van der Waals surface area contributed by atoms with Gasteiger partial charge in [0, 0.05) is 13.1 Å². The highest BCUT2D eigenvalue weighted by atomic mass is 32.2. The minimum absolute atomic E-state index is 0.0405. The molecule has 0 aliphatic carbocycles. The number of amidine groups is 3. The predicted octanol–water partition coefficient (Wildman–Crippen LogP) is 2.73. The van der Waals surface area contributed by atoms with Crippen LogP contribution in [0.5, 0.6) is 0 Å². The number of hydrogen-bond acceptors (Lipinski definition) is 6. The Morgan fingerprint density at radius 2 is 2.00 bits per heavy atom. The summed E-state index contributed by atoms with van der Waals surface area (Å²) < 4.78 is 5.23. The lowest BCUT2D eigenvalue weighted by Crippen LogP contribution is -2.35. The molecule has 8 heteroatoms. The molecule has 124 valence electrons. The molecule has 4 heterocycles. The molecular weight excluding hydrogens is 326 g/mol. The van der Waals surface area contributed by atoms with E-state index in [-0.39, 0.29) is 11.4 Å². The molecular formula is C16H17N5O2S. The number of likely N-dealkylation sites (tertiary alicyclic amines) is 1. The Balaban J connectivity index is 1.61. The fourth-order valence-electron chi connectivity index (χ4n) is 2.89. The molecule has 0 atom stereocenters. The first-order chi connectivity index (χ1) is 11.7. The van der Waals surface area contributed by atoms with Crippen molar-refractivity contribution in [2.24, 2.45) is 10.1 Å². The molecule has 1 N–H and O–H groups in total. The number of amides is 1. The molecule has 1 fully saturated rings. The van der Waals surface area contributed by atoms with E-state index in [2.05, 4.69) is 15.0 Å². The quantitative estimate of drug-likeness (QED) is 0.793. The summed E-state index contributed by atoms with van der Waals surface area (Å²) in [5.41, 5.74) is 0.190. The number of carbonyl (C=O) groups excluding carboxylic acids is 1.